The third-order valence-corrected chi connectivity index (χ3v) is 5.59. The van der Waals surface area contributed by atoms with Crippen molar-refractivity contribution in [2.45, 2.75) is 25.2 Å². The zero-order valence-electron chi connectivity index (χ0n) is 11.2. The molecule has 1 heterocycles. The third kappa shape index (κ3) is 3.79. The zero-order valence-corrected chi connectivity index (χ0v) is 13.6. The normalized spacial score (nSPS) is 11.8. The van der Waals surface area contributed by atoms with Gasteiger partial charge in [-0.25, -0.2) is 18.1 Å². The minimum Gasteiger partial charge on any atom is -0.249 e. The molecule has 1 aromatic carbocycles. The smallest absolute Gasteiger partial charge is 0.240 e. The maximum absolute atomic E-state index is 12.1. The summed E-state index contributed by atoms with van der Waals surface area (Å²) >= 11 is 7.52. The van der Waals surface area contributed by atoms with E-state index in [-0.39, 0.29) is 4.90 Å². The first kappa shape index (κ1) is 15.4. The molecule has 4 nitrogen and oxygen atoms in total. The van der Waals surface area contributed by atoms with Crippen LogP contribution < -0.4 is 4.72 Å². The van der Waals surface area contributed by atoms with Crippen molar-refractivity contribution in [2.24, 2.45) is 0 Å². The molecular weight excluding hydrogens is 316 g/mol. The fourth-order valence-corrected chi connectivity index (χ4v) is 3.72. The van der Waals surface area contributed by atoms with Crippen molar-refractivity contribution in [3.8, 4) is 0 Å². The molecule has 0 bridgehead atoms. The van der Waals surface area contributed by atoms with Crippen LogP contribution >= 0.6 is 22.9 Å². The zero-order chi connectivity index (χ0) is 14.8. The number of nitrogens with one attached hydrogen (secondary N) is 1. The maximum Gasteiger partial charge on any atom is 0.240 e. The Morgan fingerprint density at radius 3 is 2.70 bits per heavy atom. The molecule has 0 atom stereocenters. The summed E-state index contributed by atoms with van der Waals surface area (Å²) in [6.07, 6.45) is 2.37. The largest absolute Gasteiger partial charge is 0.249 e. The van der Waals surface area contributed by atoms with Crippen LogP contribution in [0.5, 0.6) is 0 Å². The summed E-state index contributed by atoms with van der Waals surface area (Å²) < 4.78 is 26.8. The minimum absolute atomic E-state index is 0.184. The van der Waals surface area contributed by atoms with Crippen LogP contribution in [0.3, 0.4) is 0 Å². The van der Waals surface area contributed by atoms with Crippen molar-refractivity contribution >= 4 is 33.0 Å². The number of aromatic nitrogens is 1. The van der Waals surface area contributed by atoms with Crippen LogP contribution in [0.1, 0.15) is 15.4 Å². The van der Waals surface area contributed by atoms with E-state index in [9.17, 15) is 8.42 Å². The second-order valence-corrected chi connectivity index (χ2v) is 7.92. The molecule has 108 valence electrons. The summed E-state index contributed by atoms with van der Waals surface area (Å²) in [6.45, 7) is 4.12. The first-order valence-corrected chi connectivity index (χ1v) is 8.73. The SMILES string of the molecule is Cc1cnc(CCNS(=O)(=O)c2ccc(C)c(Cl)c2)s1. The van der Waals surface area contributed by atoms with Gasteiger partial charge in [0.2, 0.25) is 10.0 Å². The van der Waals surface area contributed by atoms with Gasteiger partial charge in [0.25, 0.3) is 0 Å². The van der Waals surface area contributed by atoms with Gasteiger partial charge in [-0.05, 0) is 31.5 Å². The number of aryl methyl sites for hydroxylation is 2. The van der Waals surface area contributed by atoms with Gasteiger partial charge < -0.3 is 0 Å². The number of halogens is 1. The highest BCUT2D eigenvalue weighted by molar-refractivity contribution is 7.89. The number of hydrogen-bond acceptors (Lipinski definition) is 4. The summed E-state index contributed by atoms with van der Waals surface area (Å²) in [6, 6.07) is 4.71. The van der Waals surface area contributed by atoms with Gasteiger partial charge >= 0.3 is 0 Å². The van der Waals surface area contributed by atoms with E-state index in [2.05, 4.69) is 9.71 Å². The van der Waals surface area contributed by atoms with Crippen LogP contribution in [0, 0.1) is 13.8 Å². The lowest BCUT2D eigenvalue weighted by Crippen LogP contribution is -2.26. The van der Waals surface area contributed by atoms with E-state index < -0.39 is 10.0 Å². The highest BCUT2D eigenvalue weighted by Crippen LogP contribution is 2.20. The predicted molar refractivity (Wildman–Crippen MR) is 81.9 cm³/mol. The van der Waals surface area contributed by atoms with Gasteiger partial charge in [-0.15, -0.1) is 11.3 Å². The maximum atomic E-state index is 12.1. The van der Waals surface area contributed by atoms with E-state index in [1.54, 1.807) is 29.7 Å². The van der Waals surface area contributed by atoms with Crippen LogP contribution in [-0.4, -0.2) is 19.9 Å². The standard InChI is InChI=1S/C13H15ClN2O2S2/c1-9-3-4-11(7-12(9)14)20(17,18)16-6-5-13-15-8-10(2)19-13/h3-4,7-8,16H,5-6H2,1-2H3. The summed E-state index contributed by atoms with van der Waals surface area (Å²) in [4.78, 5) is 5.50. The van der Waals surface area contributed by atoms with Crippen molar-refractivity contribution in [3.05, 3.63) is 44.9 Å². The highest BCUT2D eigenvalue weighted by atomic mass is 35.5. The molecule has 1 N–H and O–H groups in total. The van der Waals surface area contributed by atoms with Crippen LogP contribution in [0.25, 0.3) is 0 Å². The van der Waals surface area contributed by atoms with Gasteiger partial charge in [-0.3, -0.25) is 0 Å². The summed E-state index contributed by atoms with van der Waals surface area (Å²) in [5.41, 5.74) is 0.851. The first-order valence-electron chi connectivity index (χ1n) is 6.05. The van der Waals surface area contributed by atoms with E-state index in [0.717, 1.165) is 15.4 Å². The predicted octanol–water partition coefficient (Wildman–Crippen LogP) is 2.93. The molecule has 0 aliphatic carbocycles. The molecule has 0 saturated carbocycles. The molecule has 2 aromatic rings. The molecule has 2 rings (SSSR count). The first-order chi connectivity index (χ1) is 9.38. The number of hydrogen-bond donors (Lipinski definition) is 1. The van der Waals surface area contributed by atoms with Gasteiger partial charge in [0.15, 0.2) is 0 Å². The van der Waals surface area contributed by atoms with Gasteiger partial charge in [0, 0.05) is 29.1 Å². The molecule has 0 fully saturated rings. The van der Waals surface area contributed by atoms with Crippen molar-refractivity contribution in [2.75, 3.05) is 6.54 Å². The fourth-order valence-electron chi connectivity index (χ4n) is 1.63. The Bertz CT molecular complexity index is 711. The molecule has 0 saturated heterocycles. The summed E-state index contributed by atoms with van der Waals surface area (Å²) in [7, 11) is -3.52. The van der Waals surface area contributed by atoms with Crippen LogP contribution in [0.2, 0.25) is 5.02 Å². The van der Waals surface area contributed by atoms with Gasteiger partial charge in [0.1, 0.15) is 0 Å². The number of rotatable bonds is 5. The summed E-state index contributed by atoms with van der Waals surface area (Å²) in [5.74, 6) is 0. The lowest BCUT2D eigenvalue weighted by molar-refractivity contribution is 0.581. The molecule has 7 heteroatoms. The lowest BCUT2D eigenvalue weighted by atomic mass is 10.2. The third-order valence-electron chi connectivity index (χ3n) is 2.75. The van der Waals surface area contributed by atoms with Crippen LogP contribution in [0.15, 0.2) is 29.3 Å². The Hall–Kier alpha value is -0.950. The molecule has 0 unspecified atom stereocenters. The Labute approximate surface area is 127 Å². The van der Waals surface area contributed by atoms with Crippen molar-refractivity contribution < 1.29 is 8.42 Å². The van der Waals surface area contributed by atoms with Gasteiger partial charge in [-0.1, -0.05) is 17.7 Å². The quantitative estimate of drug-likeness (QED) is 0.917. The van der Waals surface area contributed by atoms with E-state index in [0.29, 0.717) is 18.0 Å². The van der Waals surface area contributed by atoms with Crippen molar-refractivity contribution in [1.29, 1.82) is 0 Å². The van der Waals surface area contributed by atoms with Gasteiger partial charge in [0.05, 0.1) is 9.90 Å². The van der Waals surface area contributed by atoms with Crippen molar-refractivity contribution in [1.82, 2.24) is 9.71 Å². The highest BCUT2D eigenvalue weighted by Gasteiger charge is 2.14. The van der Waals surface area contributed by atoms with E-state index >= 15 is 0 Å². The topological polar surface area (TPSA) is 59.1 Å². The molecular formula is C13H15ClN2O2S2. The Morgan fingerprint density at radius 1 is 1.35 bits per heavy atom. The van der Waals surface area contributed by atoms with Crippen LogP contribution in [0.4, 0.5) is 0 Å². The second-order valence-electron chi connectivity index (χ2n) is 4.42. The molecule has 0 aliphatic rings. The second kappa shape index (κ2) is 6.22. The van der Waals surface area contributed by atoms with E-state index in [4.69, 9.17) is 11.6 Å². The molecule has 0 spiro atoms. The number of sulfonamides is 1. The fraction of sp³-hybridized carbons (Fsp3) is 0.308. The lowest BCUT2D eigenvalue weighted by Gasteiger charge is -2.07. The number of nitrogens with zero attached hydrogens (tertiary/aromatic N) is 1. The van der Waals surface area contributed by atoms with Crippen LogP contribution in [-0.2, 0) is 16.4 Å². The average molecular weight is 331 g/mol. The van der Waals surface area contributed by atoms with E-state index in [1.807, 2.05) is 13.8 Å². The molecule has 20 heavy (non-hydrogen) atoms. The number of thiazole rings is 1. The van der Waals surface area contributed by atoms with Gasteiger partial charge in [-0.2, -0.15) is 0 Å². The molecule has 0 aliphatic heterocycles. The Morgan fingerprint density at radius 2 is 2.10 bits per heavy atom. The molecule has 1 aromatic heterocycles. The average Bonchev–Trinajstić information content (AvgIpc) is 2.78. The number of benzene rings is 1. The molecule has 0 radical (unpaired) electrons. The van der Waals surface area contributed by atoms with Crippen molar-refractivity contribution in [3.63, 3.8) is 0 Å². The van der Waals surface area contributed by atoms with E-state index in [1.165, 1.54) is 6.07 Å². The Balaban J connectivity index is 2.02. The molecule has 0 amide bonds. The minimum atomic E-state index is -3.52. The summed E-state index contributed by atoms with van der Waals surface area (Å²) in [5, 5.41) is 1.37. The Kier molecular flexibility index (Phi) is 4.80. The monoisotopic (exact) mass is 330 g/mol.